The molecule has 0 aliphatic carbocycles. The molecule has 17 heavy (non-hydrogen) atoms. The molecule has 1 aliphatic heterocycles. The molecular formula is C14H14O3. The predicted molar refractivity (Wildman–Crippen MR) is 65.1 cm³/mol. The monoisotopic (exact) mass is 230 g/mol. The van der Waals surface area contributed by atoms with Crippen molar-refractivity contribution in [1.82, 2.24) is 0 Å². The van der Waals surface area contributed by atoms with E-state index in [1.54, 1.807) is 0 Å². The zero-order valence-corrected chi connectivity index (χ0v) is 9.46. The molecule has 2 aromatic carbocycles. The van der Waals surface area contributed by atoms with Crippen molar-refractivity contribution in [1.29, 1.82) is 0 Å². The van der Waals surface area contributed by atoms with Crippen LogP contribution in [0.2, 0.25) is 0 Å². The van der Waals surface area contributed by atoms with Crippen LogP contribution in [-0.2, 0) is 9.47 Å². The molecule has 1 unspecified atom stereocenters. The van der Waals surface area contributed by atoms with Crippen LogP contribution in [0.5, 0.6) is 5.75 Å². The van der Waals surface area contributed by atoms with E-state index >= 15 is 0 Å². The molecule has 1 aliphatic rings. The summed E-state index contributed by atoms with van der Waals surface area (Å²) in [5.41, 5.74) is 0. The van der Waals surface area contributed by atoms with Gasteiger partial charge in [0.05, 0.1) is 13.2 Å². The van der Waals surface area contributed by atoms with E-state index in [4.69, 9.17) is 14.2 Å². The minimum Gasteiger partial charge on any atom is -0.462 e. The van der Waals surface area contributed by atoms with Crippen LogP contribution >= 0.6 is 0 Å². The lowest BCUT2D eigenvalue weighted by Crippen LogP contribution is -2.33. The van der Waals surface area contributed by atoms with E-state index in [0.717, 1.165) is 5.75 Å². The molecule has 3 heteroatoms. The van der Waals surface area contributed by atoms with E-state index in [2.05, 4.69) is 12.1 Å². The van der Waals surface area contributed by atoms with Crippen LogP contribution in [0.3, 0.4) is 0 Å². The number of ether oxygens (including phenoxy) is 3. The molecule has 1 atom stereocenters. The average Bonchev–Trinajstić information content (AvgIpc) is 2.40. The van der Waals surface area contributed by atoms with Crippen LogP contribution in [0.25, 0.3) is 10.8 Å². The zero-order valence-electron chi connectivity index (χ0n) is 9.46. The fraction of sp³-hybridized carbons (Fsp3) is 0.286. The summed E-state index contributed by atoms with van der Waals surface area (Å²) in [4.78, 5) is 0. The van der Waals surface area contributed by atoms with Gasteiger partial charge in [0.1, 0.15) is 12.4 Å². The molecule has 1 fully saturated rings. The second-order valence-electron chi connectivity index (χ2n) is 4.00. The number of rotatable bonds is 2. The van der Waals surface area contributed by atoms with Crippen molar-refractivity contribution in [3.8, 4) is 5.75 Å². The zero-order chi connectivity index (χ0) is 11.5. The summed E-state index contributed by atoms with van der Waals surface area (Å²) in [6.07, 6.45) is -0.287. The van der Waals surface area contributed by atoms with Gasteiger partial charge in [-0.1, -0.05) is 30.3 Å². The molecule has 3 rings (SSSR count). The number of fused-ring (bicyclic) bond motifs is 1. The van der Waals surface area contributed by atoms with Crippen molar-refractivity contribution in [3.05, 3.63) is 42.5 Å². The lowest BCUT2D eigenvalue weighted by Gasteiger charge is -2.23. The highest BCUT2D eigenvalue weighted by molar-refractivity contribution is 5.83. The highest BCUT2D eigenvalue weighted by Crippen LogP contribution is 2.22. The van der Waals surface area contributed by atoms with Crippen molar-refractivity contribution in [3.63, 3.8) is 0 Å². The normalized spacial score (nSPS) is 20.4. The van der Waals surface area contributed by atoms with Gasteiger partial charge in [0.25, 0.3) is 0 Å². The lowest BCUT2D eigenvalue weighted by atomic mass is 10.1. The summed E-state index contributed by atoms with van der Waals surface area (Å²) in [5, 5.41) is 2.38. The molecular weight excluding hydrogens is 216 g/mol. The van der Waals surface area contributed by atoms with Gasteiger partial charge in [-0.2, -0.15) is 0 Å². The van der Waals surface area contributed by atoms with E-state index in [9.17, 15) is 0 Å². The van der Waals surface area contributed by atoms with E-state index in [-0.39, 0.29) is 6.29 Å². The molecule has 0 saturated carbocycles. The Morgan fingerprint density at radius 1 is 1.00 bits per heavy atom. The third kappa shape index (κ3) is 2.40. The van der Waals surface area contributed by atoms with Gasteiger partial charge in [0, 0.05) is 0 Å². The summed E-state index contributed by atoms with van der Waals surface area (Å²) >= 11 is 0. The third-order valence-corrected chi connectivity index (χ3v) is 2.77. The Morgan fingerprint density at radius 2 is 1.88 bits per heavy atom. The van der Waals surface area contributed by atoms with Gasteiger partial charge in [-0.05, 0) is 22.9 Å². The summed E-state index contributed by atoms with van der Waals surface area (Å²) in [5.74, 6) is 0.819. The number of benzene rings is 2. The first-order valence-electron chi connectivity index (χ1n) is 5.77. The van der Waals surface area contributed by atoms with Gasteiger partial charge in [0.15, 0.2) is 0 Å². The SMILES string of the molecule is c1ccc2cc(OC3COCCO3)ccc2c1. The Morgan fingerprint density at radius 3 is 2.71 bits per heavy atom. The Balaban J connectivity index is 1.80. The average molecular weight is 230 g/mol. The fourth-order valence-corrected chi connectivity index (χ4v) is 1.93. The lowest BCUT2D eigenvalue weighted by molar-refractivity contribution is -0.170. The quantitative estimate of drug-likeness (QED) is 0.793. The first-order valence-corrected chi connectivity index (χ1v) is 5.77. The molecule has 1 saturated heterocycles. The van der Waals surface area contributed by atoms with Gasteiger partial charge in [-0.15, -0.1) is 0 Å². The van der Waals surface area contributed by atoms with Crippen LogP contribution in [-0.4, -0.2) is 26.1 Å². The van der Waals surface area contributed by atoms with Gasteiger partial charge in [-0.25, -0.2) is 0 Å². The summed E-state index contributed by atoms with van der Waals surface area (Å²) < 4.78 is 16.5. The van der Waals surface area contributed by atoms with Crippen molar-refractivity contribution in [2.45, 2.75) is 6.29 Å². The molecule has 3 nitrogen and oxygen atoms in total. The van der Waals surface area contributed by atoms with Gasteiger partial charge < -0.3 is 14.2 Å². The van der Waals surface area contributed by atoms with E-state index in [1.807, 2.05) is 30.3 Å². The largest absolute Gasteiger partial charge is 0.462 e. The maximum absolute atomic E-state index is 5.72. The minimum absolute atomic E-state index is 0.287. The fourth-order valence-electron chi connectivity index (χ4n) is 1.93. The maximum atomic E-state index is 5.72. The van der Waals surface area contributed by atoms with E-state index in [1.165, 1.54) is 10.8 Å². The van der Waals surface area contributed by atoms with Gasteiger partial charge in [0.2, 0.25) is 6.29 Å². The van der Waals surface area contributed by atoms with Crippen molar-refractivity contribution >= 4 is 10.8 Å². The molecule has 88 valence electrons. The Labute approximate surface area is 99.9 Å². The summed E-state index contributed by atoms with van der Waals surface area (Å²) in [6.45, 7) is 1.74. The number of hydrogen-bond donors (Lipinski definition) is 0. The molecule has 0 aromatic heterocycles. The Kier molecular flexibility index (Phi) is 2.94. The van der Waals surface area contributed by atoms with E-state index in [0.29, 0.717) is 19.8 Å². The maximum Gasteiger partial charge on any atom is 0.223 e. The standard InChI is InChI=1S/C14H14O3/c1-2-4-12-9-13(6-5-11(12)3-1)17-14-10-15-7-8-16-14/h1-6,9,14H,7-8,10H2. The highest BCUT2D eigenvalue weighted by atomic mass is 16.7. The van der Waals surface area contributed by atoms with Gasteiger partial charge in [-0.3, -0.25) is 0 Å². The Bertz CT molecular complexity index is 504. The molecule has 0 N–H and O–H groups in total. The van der Waals surface area contributed by atoms with Crippen LogP contribution in [0.4, 0.5) is 0 Å². The molecule has 1 heterocycles. The van der Waals surface area contributed by atoms with Crippen molar-refractivity contribution in [2.24, 2.45) is 0 Å². The second-order valence-corrected chi connectivity index (χ2v) is 4.00. The van der Waals surface area contributed by atoms with Crippen molar-refractivity contribution in [2.75, 3.05) is 19.8 Å². The van der Waals surface area contributed by atoms with E-state index < -0.39 is 0 Å². The van der Waals surface area contributed by atoms with Crippen LogP contribution in [0.15, 0.2) is 42.5 Å². The van der Waals surface area contributed by atoms with Crippen LogP contribution < -0.4 is 4.74 Å². The van der Waals surface area contributed by atoms with Crippen LogP contribution in [0.1, 0.15) is 0 Å². The molecule has 0 spiro atoms. The first kappa shape index (κ1) is 10.6. The summed E-state index contributed by atoms with van der Waals surface area (Å²) in [7, 11) is 0. The highest BCUT2D eigenvalue weighted by Gasteiger charge is 2.15. The molecule has 2 aromatic rings. The molecule has 0 radical (unpaired) electrons. The first-order chi connectivity index (χ1) is 8.42. The topological polar surface area (TPSA) is 27.7 Å². The van der Waals surface area contributed by atoms with Gasteiger partial charge >= 0.3 is 0 Å². The van der Waals surface area contributed by atoms with Crippen LogP contribution in [0, 0.1) is 0 Å². The second kappa shape index (κ2) is 4.73. The summed E-state index contributed by atoms with van der Waals surface area (Å²) in [6, 6.07) is 14.2. The molecule has 0 bridgehead atoms. The number of hydrogen-bond acceptors (Lipinski definition) is 3. The smallest absolute Gasteiger partial charge is 0.223 e. The van der Waals surface area contributed by atoms with Crippen molar-refractivity contribution < 1.29 is 14.2 Å². The minimum atomic E-state index is -0.287. The third-order valence-electron chi connectivity index (χ3n) is 2.77. The Hall–Kier alpha value is -1.58. The predicted octanol–water partition coefficient (Wildman–Crippen LogP) is 2.59. The molecule has 0 amide bonds.